The van der Waals surface area contributed by atoms with Crippen molar-refractivity contribution in [2.75, 3.05) is 6.54 Å². The van der Waals surface area contributed by atoms with E-state index in [1.54, 1.807) is 19.9 Å². The van der Waals surface area contributed by atoms with Crippen molar-refractivity contribution >= 4 is 11.3 Å². The summed E-state index contributed by atoms with van der Waals surface area (Å²) in [5.41, 5.74) is 0.636. The van der Waals surface area contributed by atoms with Crippen LogP contribution in [0, 0.1) is 12.7 Å². The Kier molecular flexibility index (Phi) is 4.34. The van der Waals surface area contributed by atoms with Gasteiger partial charge in [0.1, 0.15) is 11.4 Å². The van der Waals surface area contributed by atoms with Gasteiger partial charge in [-0.3, -0.25) is 0 Å². The largest absolute Gasteiger partial charge is 0.383 e. The van der Waals surface area contributed by atoms with Gasteiger partial charge in [0.15, 0.2) is 0 Å². The molecule has 0 fully saturated rings. The number of hydrogen-bond donors (Lipinski definition) is 2. The smallest absolute Gasteiger partial charge is 0.126 e. The summed E-state index contributed by atoms with van der Waals surface area (Å²) in [7, 11) is 0. The Morgan fingerprint density at radius 1 is 1.37 bits per heavy atom. The molecular formula is C15H18FNOS. The van der Waals surface area contributed by atoms with Crippen LogP contribution in [0.2, 0.25) is 0 Å². The predicted octanol–water partition coefficient (Wildman–Crippen LogP) is 3.19. The number of aryl methyl sites for hydroxylation is 1. The monoisotopic (exact) mass is 279 g/mol. The summed E-state index contributed by atoms with van der Waals surface area (Å²) >= 11 is 1.53. The number of hydrogen-bond acceptors (Lipinski definition) is 3. The van der Waals surface area contributed by atoms with Gasteiger partial charge in [0.2, 0.25) is 0 Å². The second kappa shape index (κ2) is 5.82. The van der Waals surface area contributed by atoms with E-state index in [-0.39, 0.29) is 5.82 Å². The molecule has 0 amide bonds. The molecule has 1 aromatic carbocycles. The van der Waals surface area contributed by atoms with Gasteiger partial charge in [0.05, 0.1) is 0 Å². The van der Waals surface area contributed by atoms with Crippen LogP contribution in [0.15, 0.2) is 35.7 Å². The van der Waals surface area contributed by atoms with Gasteiger partial charge in [0.25, 0.3) is 0 Å². The van der Waals surface area contributed by atoms with Crippen molar-refractivity contribution in [2.24, 2.45) is 0 Å². The van der Waals surface area contributed by atoms with Crippen molar-refractivity contribution in [3.05, 3.63) is 57.5 Å². The van der Waals surface area contributed by atoms with Crippen LogP contribution in [-0.2, 0) is 12.1 Å². The van der Waals surface area contributed by atoms with Crippen LogP contribution in [0.5, 0.6) is 0 Å². The third-order valence-electron chi connectivity index (χ3n) is 3.09. The number of nitrogens with one attached hydrogen (secondary N) is 1. The predicted molar refractivity (Wildman–Crippen MR) is 76.7 cm³/mol. The summed E-state index contributed by atoms with van der Waals surface area (Å²) in [6.45, 7) is 4.50. The summed E-state index contributed by atoms with van der Waals surface area (Å²) in [6, 6.07) is 9.03. The first-order valence-electron chi connectivity index (χ1n) is 6.21. The highest BCUT2D eigenvalue weighted by molar-refractivity contribution is 7.10. The minimum Gasteiger partial charge on any atom is -0.383 e. The molecule has 0 aliphatic heterocycles. The lowest BCUT2D eigenvalue weighted by Crippen LogP contribution is -2.34. The molecule has 102 valence electrons. The van der Waals surface area contributed by atoms with Crippen molar-refractivity contribution in [1.82, 2.24) is 5.32 Å². The van der Waals surface area contributed by atoms with E-state index >= 15 is 0 Å². The SMILES string of the molecule is Cc1ccc(CNCC(C)(O)c2cccs2)cc1F. The van der Waals surface area contributed by atoms with Gasteiger partial charge in [-0.1, -0.05) is 18.2 Å². The maximum atomic E-state index is 13.4. The summed E-state index contributed by atoms with van der Waals surface area (Å²) in [4.78, 5) is 0.926. The molecule has 19 heavy (non-hydrogen) atoms. The number of halogens is 1. The van der Waals surface area contributed by atoms with E-state index in [9.17, 15) is 9.50 Å². The molecule has 2 N–H and O–H groups in total. The quantitative estimate of drug-likeness (QED) is 0.881. The van der Waals surface area contributed by atoms with E-state index in [0.29, 0.717) is 18.7 Å². The highest BCUT2D eigenvalue weighted by Gasteiger charge is 2.23. The Morgan fingerprint density at radius 2 is 2.16 bits per heavy atom. The minimum absolute atomic E-state index is 0.190. The molecule has 0 aliphatic carbocycles. The van der Waals surface area contributed by atoms with E-state index in [4.69, 9.17) is 0 Å². The van der Waals surface area contributed by atoms with Crippen LogP contribution < -0.4 is 5.32 Å². The van der Waals surface area contributed by atoms with Crippen molar-refractivity contribution < 1.29 is 9.50 Å². The van der Waals surface area contributed by atoms with Crippen molar-refractivity contribution in [3.8, 4) is 0 Å². The zero-order valence-electron chi connectivity index (χ0n) is 11.1. The van der Waals surface area contributed by atoms with E-state index in [0.717, 1.165) is 10.4 Å². The third kappa shape index (κ3) is 3.62. The molecule has 4 heteroatoms. The molecule has 1 atom stereocenters. The van der Waals surface area contributed by atoms with Gasteiger partial charge in [-0.25, -0.2) is 4.39 Å². The lowest BCUT2D eigenvalue weighted by Gasteiger charge is -2.22. The number of rotatable bonds is 5. The zero-order chi connectivity index (χ0) is 13.9. The van der Waals surface area contributed by atoms with Gasteiger partial charge >= 0.3 is 0 Å². The molecular weight excluding hydrogens is 261 g/mol. The fourth-order valence-electron chi connectivity index (χ4n) is 1.87. The first-order valence-corrected chi connectivity index (χ1v) is 7.09. The number of aliphatic hydroxyl groups is 1. The standard InChI is InChI=1S/C15H18FNOS/c1-11-5-6-12(8-13(11)16)9-17-10-15(2,18)14-4-3-7-19-14/h3-8,17-18H,9-10H2,1-2H3. The average Bonchev–Trinajstić information content (AvgIpc) is 2.88. The Labute approximate surface area is 116 Å². The molecule has 0 spiro atoms. The van der Waals surface area contributed by atoms with Gasteiger partial charge in [-0.2, -0.15) is 0 Å². The normalized spacial score (nSPS) is 14.3. The van der Waals surface area contributed by atoms with Crippen LogP contribution in [0.25, 0.3) is 0 Å². The number of thiophene rings is 1. The van der Waals surface area contributed by atoms with Crippen molar-refractivity contribution in [3.63, 3.8) is 0 Å². The fraction of sp³-hybridized carbons (Fsp3) is 0.333. The van der Waals surface area contributed by atoms with E-state index in [1.807, 2.05) is 23.6 Å². The summed E-state index contributed by atoms with van der Waals surface area (Å²) < 4.78 is 13.4. The average molecular weight is 279 g/mol. The first-order chi connectivity index (χ1) is 8.99. The highest BCUT2D eigenvalue weighted by atomic mass is 32.1. The molecule has 1 heterocycles. The van der Waals surface area contributed by atoms with E-state index in [2.05, 4.69) is 5.32 Å². The first kappa shape index (κ1) is 14.2. The van der Waals surface area contributed by atoms with Gasteiger partial charge in [-0.05, 0) is 42.5 Å². The van der Waals surface area contributed by atoms with E-state index in [1.165, 1.54) is 17.4 Å². The molecule has 0 bridgehead atoms. The third-order valence-corrected chi connectivity index (χ3v) is 4.21. The minimum atomic E-state index is -0.891. The molecule has 0 saturated carbocycles. The van der Waals surface area contributed by atoms with E-state index < -0.39 is 5.60 Å². The van der Waals surface area contributed by atoms with Crippen LogP contribution in [0.1, 0.15) is 22.9 Å². The van der Waals surface area contributed by atoms with Crippen molar-refractivity contribution in [2.45, 2.75) is 26.0 Å². The molecule has 0 aliphatic rings. The Balaban J connectivity index is 1.91. The lowest BCUT2D eigenvalue weighted by atomic mass is 10.0. The lowest BCUT2D eigenvalue weighted by molar-refractivity contribution is 0.0604. The maximum Gasteiger partial charge on any atom is 0.126 e. The molecule has 2 aromatic rings. The Morgan fingerprint density at radius 3 is 2.79 bits per heavy atom. The molecule has 1 aromatic heterocycles. The number of benzene rings is 1. The Bertz CT molecular complexity index is 537. The van der Waals surface area contributed by atoms with Gasteiger partial charge < -0.3 is 10.4 Å². The molecule has 2 nitrogen and oxygen atoms in total. The fourth-order valence-corrected chi connectivity index (χ4v) is 2.66. The van der Waals surface area contributed by atoms with Crippen LogP contribution in [0.3, 0.4) is 0 Å². The van der Waals surface area contributed by atoms with Gasteiger partial charge in [-0.15, -0.1) is 11.3 Å². The molecule has 0 radical (unpaired) electrons. The van der Waals surface area contributed by atoms with Gasteiger partial charge in [0, 0.05) is 18.0 Å². The highest BCUT2D eigenvalue weighted by Crippen LogP contribution is 2.24. The second-order valence-electron chi connectivity index (χ2n) is 4.94. The second-order valence-corrected chi connectivity index (χ2v) is 5.89. The molecule has 2 rings (SSSR count). The van der Waals surface area contributed by atoms with Crippen LogP contribution in [-0.4, -0.2) is 11.7 Å². The molecule has 1 unspecified atom stereocenters. The Hall–Kier alpha value is -1.23. The van der Waals surface area contributed by atoms with Crippen molar-refractivity contribution in [1.29, 1.82) is 0 Å². The topological polar surface area (TPSA) is 32.3 Å². The summed E-state index contributed by atoms with van der Waals surface area (Å²) in [5, 5.41) is 15.4. The van der Waals surface area contributed by atoms with Crippen LogP contribution >= 0.6 is 11.3 Å². The molecule has 0 saturated heterocycles. The summed E-state index contributed by atoms with van der Waals surface area (Å²) in [5.74, 6) is -0.190. The van der Waals surface area contributed by atoms with Crippen LogP contribution in [0.4, 0.5) is 4.39 Å². The maximum absolute atomic E-state index is 13.4. The summed E-state index contributed by atoms with van der Waals surface area (Å²) in [6.07, 6.45) is 0. The zero-order valence-corrected chi connectivity index (χ0v) is 11.9.